The van der Waals surface area contributed by atoms with Crippen LogP contribution < -0.4 is 5.32 Å². The summed E-state index contributed by atoms with van der Waals surface area (Å²) in [5.41, 5.74) is 3.55. The number of nitrogens with one attached hydrogen (secondary N) is 1. The summed E-state index contributed by atoms with van der Waals surface area (Å²) < 4.78 is 1.90. The highest BCUT2D eigenvalue weighted by Crippen LogP contribution is 2.24. The minimum atomic E-state index is -0.0562. The van der Waals surface area contributed by atoms with Gasteiger partial charge < -0.3 is 5.32 Å². The topological polar surface area (TPSA) is 46.9 Å². The van der Waals surface area contributed by atoms with E-state index in [1.165, 1.54) is 11.1 Å². The first-order valence-electron chi connectivity index (χ1n) is 9.60. The Balaban J connectivity index is 1.50. The fourth-order valence-corrected chi connectivity index (χ4v) is 4.15. The Morgan fingerprint density at radius 2 is 1.71 bits per heavy atom. The average molecular weight is 394 g/mol. The van der Waals surface area contributed by atoms with Crippen LogP contribution in [0.2, 0.25) is 0 Å². The second-order valence-corrected chi connectivity index (χ2v) is 8.33. The van der Waals surface area contributed by atoms with Gasteiger partial charge in [-0.1, -0.05) is 68.4 Å². The summed E-state index contributed by atoms with van der Waals surface area (Å²) in [6, 6.07) is 20.5. The van der Waals surface area contributed by atoms with Crippen LogP contribution in [0.4, 0.5) is 0 Å². The third kappa shape index (κ3) is 5.99. The smallest absolute Gasteiger partial charge is 0.233 e. The molecule has 0 aliphatic rings. The molecule has 1 unspecified atom stereocenters. The monoisotopic (exact) mass is 393 g/mol. The van der Waals surface area contributed by atoms with Crippen molar-refractivity contribution in [3.8, 4) is 0 Å². The fraction of sp³-hybridized carbons (Fsp3) is 0.304. The van der Waals surface area contributed by atoms with Crippen LogP contribution in [0.25, 0.3) is 0 Å². The van der Waals surface area contributed by atoms with Crippen LogP contribution in [-0.2, 0) is 23.6 Å². The molecule has 3 aromatic rings. The standard InChI is InChI=1S/C23H27N3OS/c1-18(2)22(28-17-21-7-4-3-5-8-21)23(27)24-15-19-9-11-20(12-10-19)16-26-14-6-13-25-26/h3-14,18,22H,15-17H2,1-2H3,(H,24,27). The van der Waals surface area contributed by atoms with E-state index in [9.17, 15) is 4.79 Å². The maximum atomic E-state index is 12.7. The number of amides is 1. The van der Waals surface area contributed by atoms with Gasteiger partial charge in [-0.2, -0.15) is 5.10 Å². The largest absolute Gasteiger partial charge is 0.351 e. The van der Waals surface area contributed by atoms with E-state index in [0.29, 0.717) is 6.54 Å². The van der Waals surface area contributed by atoms with E-state index in [-0.39, 0.29) is 17.1 Å². The van der Waals surface area contributed by atoms with Crippen LogP contribution in [-0.4, -0.2) is 20.9 Å². The lowest BCUT2D eigenvalue weighted by Crippen LogP contribution is -2.35. The molecular formula is C23H27N3OS. The Kier molecular flexibility index (Phi) is 7.31. The highest BCUT2D eigenvalue weighted by molar-refractivity contribution is 7.99. The summed E-state index contributed by atoms with van der Waals surface area (Å²) in [5, 5.41) is 7.27. The number of aromatic nitrogens is 2. The van der Waals surface area contributed by atoms with Gasteiger partial charge in [-0.15, -0.1) is 11.8 Å². The molecule has 0 saturated heterocycles. The molecule has 28 heavy (non-hydrogen) atoms. The predicted octanol–water partition coefficient (Wildman–Crippen LogP) is 4.51. The normalized spacial score (nSPS) is 12.1. The van der Waals surface area contributed by atoms with Crippen LogP contribution in [0.3, 0.4) is 0 Å². The van der Waals surface area contributed by atoms with E-state index in [4.69, 9.17) is 0 Å². The van der Waals surface area contributed by atoms with Crippen molar-refractivity contribution in [1.82, 2.24) is 15.1 Å². The summed E-state index contributed by atoms with van der Waals surface area (Å²) in [5.74, 6) is 1.24. The Morgan fingerprint density at radius 1 is 1.00 bits per heavy atom. The number of hydrogen-bond donors (Lipinski definition) is 1. The molecule has 0 bridgehead atoms. The van der Waals surface area contributed by atoms with Gasteiger partial charge in [0.25, 0.3) is 0 Å². The molecule has 146 valence electrons. The van der Waals surface area contributed by atoms with Gasteiger partial charge in [0.15, 0.2) is 0 Å². The van der Waals surface area contributed by atoms with Crippen LogP contribution in [0.15, 0.2) is 73.1 Å². The number of nitrogens with zero attached hydrogens (tertiary/aromatic N) is 2. The van der Waals surface area contributed by atoms with Gasteiger partial charge >= 0.3 is 0 Å². The molecule has 1 aromatic heterocycles. The van der Waals surface area contributed by atoms with Crippen molar-refractivity contribution in [3.63, 3.8) is 0 Å². The maximum absolute atomic E-state index is 12.7. The zero-order chi connectivity index (χ0) is 19.8. The van der Waals surface area contributed by atoms with Crippen LogP contribution >= 0.6 is 11.8 Å². The number of carbonyl (C=O) groups is 1. The molecule has 2 aromatic carbocycles. The third-order valence-corrected chi connectivity index (χ3v) is 6.15. The van der Waals surface area contributed by atoms with Crippen molar-refractivity contribution in [2.24, 2.45) is 5.92 Å². The summed E-state index contributed by atoms with van der Waals surface area (Å²) in [7, 11) is 0. The molecule has 0 saturated carbocycles. The molecule has 0 aliphatic heterocycles. The number of carbonyl (C=O) groups excluding carboxylic acids is 1. The van der Waals surface area contributed by atoms with Crippen molar-refractivity contribution in [2.45, 2.75) is 37.9 Å². The third-order valence-electron chi connectivity index (χ3n) is 4.53. The molecule has 4 nitrogen and oxygen atoms in total. The predicted molar refractivity (Wildman–Crippen MR) is 116 cm³/mol. The van der Waals surface area contributed by atoms with E-state index in [1.54, 1.807) is 18.0 Å². The first-order chi connectivity index (χ1) is 13.6. The van der Waals surface area contributed by atoms with Crippen molar-refractivity contribution in [3.05, 3.63) is 89.7 Å². The molecule has 0 aliphatic carbocycles. The summed E-state index contributed by atoms with van der Waals surface area (Å²) >= 11 is 1.71. The molecule has 3 rings (SSSR count). The molecule has 1 heterocycles. The Bertz CT molecular complexity index is 845. The van der Waals surface area contributed by atoms with Crippen molar-refractivity contribution < 1.29 is 4.79 Å². The minimum absolute atomic E-state index is 0.0562. The van der Waals surface area contributed by atoms with E-state index >= 15 is 0 Å². The van der Waals surface area contributed by atoms with Gasteiger partial charge in [0.2, 0.25) is 5.91 Å². The lowest BCUT2D eigenvalue weighted by Gasteiger charge is -2.20. The first-order valence-corrected chi connectivity index (χ1v) is 10.6. The van der Waals surface area contributed by atoms with Gasteiger partial charge in [-0.25, -0.2) is 0 Å². The maximum Gasteiger partial charge on any atom is 0.233 e. The van der Waals surface area contributed by atoms with E-state index in [2.05, 4.69) is 60.7 Å². The summed E-state index contributed by atoms with van der Waals surface area (Å²) in [6.07, 6.45) is 3.73. The van der Waals surface area contributed by atoms with Gasteiger partial charge in [-0.05, 0) is 28.7 Å². The molecule has 0 radical (unpaired) electrons. The average Bonchev–Trinajstić information content (AvgIpc) is 3.21. The lowest BCUT2D eigenvalue weighted by molar-refractivity contribution is -0.121. The first kappa shape index (κ1) is 20.2. The summed E-state index contributed by atoms with van der Waals surface area (Å²) in [4.78, 5) is 12.7. The minimum Gasteiger partial charge on any atom is -0.351 e. The van der Waals surface area contributed by atoms with Crippen LogP contribution in [0, 0.1) is 5.92 Å². The van der Waals surface area contributed by atoms with Gasteiger partial charge in [0.05, 0.1) is 11.8 Å². The van der Waals surface area contributed by atoms with Crippen molar-refractivity contribution >= 4 is 17.7 Å². The van der Waals surface area contributed by atoms with E-state index in [0.717, 1.165) is 17.9 Å². The Hall–Kier alpha value is -2.53. The Morgan fingerprint density at radius 3 is 2.36 bits per heavy atom. The molecular weight excluding hydrogens is 366 g/mol. The quantitative estimate of drug-likeness (QED) is 0.582. The van der Waals surface area contributed by atoms with Crippen LogP contribution in [0.5, 0.6) is 0 Å². The summed E-state index contributed by atoms with van der Waals surface area (Å²) in [6.45, 7) is 5.51. The van der Waals surface area contributed by atoms with E-state index in [1.807, 2.05) is 35.1 Å². The van der Waals surface area contributed by atoms with Gasteiger partial charge in [0.1, 0.15) is 0 Å². The highest BCUT2D eigenvalue weighted by atomic mass is 32.2. The highest BCUT2D eigenvalue weighted by Gasteiger charge is 2.22. The van der Waals surface area contributed by atoms with Crippen molar-refractivity contribution in [1.29, 1.82) is 0 Å². The Labute approximate surface area is 171 Å². The second-order valence-electron chi connectivity index (χ2n) is 7.20. The zero-order valence-corrected chi connectivity index (χ0v) is 17.2. The van der Waals surface area contributed by atoms with Crippen LogP contribution in [0.1, 0.15) is 30.5 Å². The SMILES string of the molecule is CC(C)C(SCc1ccccc1)C(=O)NCc1ccc(Cn2cccn2)cc1. The number of benzene rings is 2. The molecule has 1 atom stereocenters. The number of hydrogen-bond acceptors (Lipinski definition) is 3. The molecule has 0 fully saturated rings. The number of thioether (sulfide) groups is 1. The second kappa shape index (κ2) is 10.1. The van der Waals surface area contributed by atoms with Gasteiger partial charge in [-0.3, -0.25) is 9.48 Å². The number of rotatable bonds is 9. The van der Waals surface area contributed by atoms with Crippen molar-refractivity contribution in [2.75, 3.05) is 0 Å². The molecule has 1 N–H and O–H groups in total. The van der Waals surface area contributed by atoms with Gasteiger partial charge in [0, 0.05) is 24.7 Å². The molecule has 5 heteroatoms. The zero-order valence-electron chi connectivity index (χ0n) is 16.4. The fourth-order valence-electron chi connectivity index (χ4n) is 2.96. The lowest BCUT2D eigenvalue weighted by atomic mass is 10.1. The molecule has 1 amide bonds. The molecule has 0 spiro atoms. The van der Waals surface area contributed by atoms with E-state index < -0.39 is 0 Å².